The number of hydrogen-bond acceptors (Lipinski definition) is 1. The van der Waals surface area contributed by atoms with Crippen molar-refractivity contribution < 1.29 is 5.11 Å². The van der Waals surface area contributed by atoms with Crippen molar-refractivity contribution >= 4 is 0 Å². The number of aliphatic hydroxyl groups excluding tert-OH is 1. The van der Waals surface area contributed by atoms with Crippen molar-refractivity contribution in [1.82, 2.24) is 0 Å². The molecule has 1 heteroatoms. The molecule has 0 aliphatic heterocycles. The van der Waals surface area contributed by atoms with Crippen LogP contribution in [0.5, 0.6) is 0 Å². The zero-order valence-electron chi connectivity index (χ0n) is 19.0. The monoisotopic (exact) mass is 386 g/mol. The van der Waals surface area contributed by atoms with Crippen LogP contribution in [-0.2, 0) is 0 Å². The molecule has 7 atom stereocenters. The molecule has 3 fully saturated rings. The van der Waals surface area contributed by atoms with Crippen LogP contribution < -0.4 is 0 Å². The first kappa shape index (κ1) is 21.0. The van der Waals surface area contributed by atoms with E-state index in [2.05, 4.69) is 26.8 Å². The average molecular weight is 387 g/mol. The Hall–Kier alpha value is -0.300. The summed E-state index contributed by atoms with van der Waals surface area (Å²) < 4.78 is 0. The van der Waals surface area contributed by atoms with Gasteiger partial charge in [0.1, 0.15) is 0 Å². The lowest BCUT2D eigenvalue weighted by Gasteiger charge is -2.58. The fourth-order valence-corrected chi connectivity index (χ4v) is 8.40. The smallest absolute Gasteiger partial charge is 0.0577 e. The second-order valence-corrected chi connectivity index (χ2v) is 11.5. The number of fused-ring (bicyclic) bond motifs is 5. The standard InChI is InChI=1S/C27H46O/c1-4-5-6-7-8-9-10-20-12-14-24-23-13-11-21-19-22(28)15-17-27(21,3)25(23)16-18-26(20,24)2/h11,20,22-25,28H,4-10,12-19H2,1-3H3. The van der Waals surface area contributed by atoms with Crippen LogP contribution >= 0.6 is 0 Å². The molecule has 0 aromatic rings. The molecule has 3 saturated carbocycles. The largest absolute Gasteiger partial charge is 0.393 e. The molecule has 0 heterocycles. The summed E-state index contributed by atoms with van der Waals surface area (Å²) in [5.41, 5.74) is 2.65. The second-order valence-electron chi connectivity index (χ2n) is 11.5. The number of hydrogen-bond donors (Lipinski definition) is 1. The Morgan fingerprint density at radius 1 is 0.929 bits per heavy atom. The van der Waals surface area contributed by atoms with E-state index in [1.807, 2.05) is 0 Å². The molecule has 160 valence electrons. The highest BCUT2D eigenvalue weighted by Gasteiger charge is 2.58. The van der Waals surface area contributed by atoms with E-state index in [1.54, 1.807) is 5.57 Å². The Balaban J connectivity index is 1.39. The molecule has 4 aliphatic carbocycles. The topological polar surface area (TPSA) is 20.2 Å². The molecule has 0 aromatic heterocycles. The summed E-state index contributed by atoms with van der Waals surface area (Å²) >= 11 is 0. The molecule has 4 aliphatic rings. The Morgan fingerprint density at radius 3 is 2.54 bits per heavy atom. The van der Waals surface area contributed by atoms with Gasteiger partial charge in [0.2, 0.25) is 0 Å². The minimum atomic E-state index is -0.0714. The van der Waals surface area contributed by atoms with Gasteiger partial charge in [0.25, 0.3) is 0 Å². The van der Waals surface area contributed by atoms with E-state index in [0.717, 1.165) is 36.5 Å². The Morgan fingerprint density at radius 2 is 1.71 bits per heavy atom. The highest BCUT2D eigenvalue weighted by atomic mass is 16.3. The Labute approximate surface area is 174 Å². The van der Waals surface area contributed by atoms with Gasteiger partial charge in [0, 0.05) is 0 Å². The summed E-state index contributed by atoms with van der Waals surface area (Å²) in [6.07, 6.45) is 23.1. The molecule has 0 spiro atoms. The van der Waals surface area contributed by atoms with Gasteiger partial charge in [-0.2, -0.15) is 0 Å². The predicted octanol–water partition coefficient (Wildman–Crippen LogP) is 7.68. The fraction of sp³-hybridized carbons (Fsp3) is 0.926. The Bertz CT molecular complexity index is 565. The van der Waals surface area contributed by atoms with Crippen LogP contribution in [0.15, 0.2) is 11.6 Å². The van der Waals surface area contributed by atoms with Crippen LogP contribution in [0.3, 0.4) is 0 Å². The Kier molecular flexibility index (Phi) is 6.32. The zero-order chi connectivity index (χ0) is 19.8. The van der Waals surface area contributed by atoms with E-state index in [4.69, 9.17) is 0 Å². The van der Waals surface area contributed by atoms with Crippen molar-refractivity contribution in [3.05, 3.63) is 11.6 Å². The lowest BCUT2D eigenvalue weighted by atomic mass is 9.47. The number of rotatable bonds is 7. The van der Waals surface area contributed by atoms with E-state index in [0.29, 0.717) is 10.8 Å². The lowest BCUT2D eigenvalue weighted by Crippen LogP contribution is -2.50. The third-order valence-electron chi connectivity index (χ3n) is 10.2. The molecule has 0 radical (unpaired) electrons. The highest BCUT2D eigenvalue weighted by Crippen LogP contribution is 2.66. The van der Waals surface area contributed by atoms with Crippen molar-refractivity contribution in [2.75, 3.05) is 0 Å². The van der Waals surface area contributed by atoms with E-state index in [-0.39, 0.29) is 6.10 Å². The number of aliphatic hydroxyl groups is 1. The van der Waals surface area contributed by atoms with E-state index in [9.17, 15) is 5.11 Å². The summed E-state index contributed by atoms with van der Waals surface area (Å²) in [5, 5.41) is 10.2. The summed E-state index contributed by atoms with van der Waals surface area (Å²) in [6.45, 7) is 7.57. The van der Waals surface area contributed by atoms with Gasteiger partial charge in [0.05, 0.1) is 6.10 Å². The number of allylic oxidation sites excluding steroid dienone is 1. The minimum Gasteiger partial charge on any atom is -0.393 e. The lowest BCUT2D eigenvalue weighted by molar-refractivity contribution is -0.0508. The molecule has 0 bridgehead atoms. The first-order chi connectivity index (χ1) is 13.5. The van der Waals surface area contributed by atoms with Crippen LogP contribution in [0.1, 0.15) is 117 Å². The van der Waals surface area contributed by atoms with Gasteiger partial charge < -0.3 is 5.11 Å². The molecule has 1 nitrogen and oxygen atoms in total. The zero-order valence-corrected chi connectivity index (χ0v) is 19.0. The summed E-state index contributed by atoms with van der Waals surface area (Å²) in [5.74, 6) is 3.79. The molecular formula is C27H46O. The van der Waals surface area contributed by atoms with Gasteiger partial charge in [-0.05, 0) is 92.3 Å². The summed E-state index contributed by atoms with van der Waals surface area (Å²) in [7, 11) is 0. The number of unbranched alkanes of at least 4 members (excludes halogenated alkanes) is 5. The maximum absolute atomic E-state index is 10.2. The van der Waals surface area contributed by atoms with Crippen LogP contribution in [0.25, 0.3) is 0 Å². The van der Waals surface area contributed by atoms with Crippen LogP contribution in [0.2, 0.25) is 0 Å². The van der Waals surface area contributed by atoms with Crippen molar-refractivity contribution in [2.24, 2.45) is 34.5 Å². The molecule has 7 unspecified atom stereocenters. The third-order valence-corrected chi connectivity index (χ3v) is 10.2. The van der Waals surface area contributed by atoms with Crippen LogP contribution in [0.4, 0.5) is 0 Å². The van der Waals surface area contributed by atoms with Crippen molar-refractivity contribution in [3.8, 4) is 0 Å². The normalized spacial score (nSPS) is 45.1. The van der Waals surface area contributed by atoms with E-state index < -0.39 is 0 Å². The maximum atomic E-state index is 10.2. The van der Waals surface area contributed by atoms with Crippen molar-refractivity contribution in [1.29, 1.82) is 0 Å². The van der Waals surface area contributed by atoms with Gasteiger partial charge in [-0.1, -0.05) is 70.9 Å². The van der Waals surface area contributed by atoms with Gasteiger partial charge >= 0.3 is 0 Å². The second kappa shape index (κ2) is 8.44. The molecule has 0 saturated heterocycles. The molecular weight excluding hydrogens is 340 g/mol. The van der Waals surface area contributed by atoms with Crippen molar-refractivity contribution in [3.63, 3.8) is 0 Å². The molecule has 4 rings (SSSR count). The quantitative estimate of drug-likeness (QED) is 0.351. The molecule has 0 aromatic carbocycles. The van der Waals surface area contributed by atoms with Gasteiger partial charge in [-0.15, -0.1) is 0 Å². The molecule has 0 amide bonds. The third kappa shape index (κ3) is 3.63. The first-order valence-electron chi connectivity index (χ1n) is 12.9. The summed E-state index contributed by atoms with van der Waals surface area (Å²) in [6, 6.07) is 0. The maximum Gasteiger partial charge on any atom is 0.0577 e. The average Bonchev–Trinajstić information content (AvgIpc) is 3.01. The minimum absolute atomic E-state index is 0.0714. The predicted molar refractivity (Wildman–Crippen MR) is 119 cm³/mol. The van der Waals surface area contributed by atoms with Crippen LogP contribution in [-0.4, -0.2) is 11.2 Å². The van der Waals surface area contributed by atoms with E-state index >= 15 is 0 Å². The van der Waals surface area contributed by atoms with Gasteiger partial charge in [-0.3, -0.25) is 0 Å². The summed E-state index contributed by atoms with van der Waals surface area (Å²) in [4.78, 5) is 0. The van der Waals surface area contributed by atoms with Gasteiger partial charge in [-0.25, -0.2) is 0 Å². The van der Waals surface area contributed by atoms with E-state index in [1.165, 1.54) is 83.5 Å². The SMILES string of the molecule is CCCCCCCCC1CCC2C3CC=C4CC(O)CCC4(C)C3CCC12C. The van der Waals surface area contributed by atoms with Crippen molar-refractivity contribution in [2.45, 2.75) is 123 Å². The van der Waals surface area contributed by atoms with Gasteiger partial charge in [0.15, 0.2) is 0 Å². The highest BCUT2D eigenvalue weighted by molar-refractivity contribution is 5.25. The fourth-order valence-electron chi connectivity index (χ4n) is 8.40. The van der Waals surface area contributed by atoms with Crippen LogP contribution in [0, 0.1) is 34.5 Å². The molecule has 1 N–H and O–H groups in total. The molecule has 28 heavy (non-hydrogen) atoms. The first-order valence-corrected chi connectivity index (χ1v) is 12.9.